The molecule has 3 fully saturated rings. The van der Waals surface area contributed by atoms with Gasteiger partial charge in [-0.05, 0) is 74.2 Å². The number of carbonyl (C=O) groups is 1. The van der Waals surface area contributed by atoms with E-state index in [2.05, 4.69) is 11.8 Å². The smallest absolute Gasteiger partial charge is 0.137 e. The molecule has 4 nitrogen and oxygen atoms in total. The third kappa shape index (κ3) is 2.68. The molecule has 1 aliphatic heterocycles. The summed E-state index contributed by atoms with van der Waals surface area (Å²) in [4.78, 5) is 15.7. The first-order valence-corrected chi connectivity index (χ1v) is 11.3. The molecule has 28 heavy (non-hydrogen) atoms. The zero-order chi connectivity index (χ0) is 19.5. The largest absolute Gasteiger partial charge is 0.508 e. The zero-order valence-electron chi connectivity index (χ0n) is 17.0. The molecule has 0 spiro atoms. The van der Waals surface area contributed by atoms with Crippen LogP contribution in [-0.4, -0.2) is 45.6 Å². The predicted molar refractivity (Wildman–Crippen MR) is 108 cm³/mol. The van der Waals surface area contributed by atoms with Crippen LogP contribution in [0.3, 0.4) is 0 Å². The molecule has 2 bridgehead atoms. The van der Waals surface area contributed by atoms with Gasteiger partial charge >= 0.3 is 0 Å². The second-order valence-electron chi connectivity index (χ2n) is 9.94. The van der Waals surface area contributed by atoms with Gasteiger partial charge in [0.05, 0.1) is 5.60 Å². The van der Waals surface area contributed by atoms with Crippen molar-refractivity contribution in [3.63, 3.8) is 0 Å². The summed E-state index contributed by atoms with van der Waals surface area (Å²) in [5, 5.41) is 22.5. The van der Waals surface area contributed by atoms with E-state index in [1.165, 1.54) is 18.4 Å². The van der Waals surface area contributed by atoms with Gasteiger partial charge in [0.15, 0.2) is 0 Å². The highest BCUT2D eigenvalue weighted by Crippen LogP contribution is 2.59. The van der Waals surface area contributed by atoms with E-state index in [1.807, 2.05) is 12.1 Å². The van der Waals surface area contributed by atoms with Crippen LogP contribution in [0, 0.1) is 11.8 Å². The van der Waals surface area contributed by atoms with Gasteiger partial charge in [-0.2, -0.15) is 0 Å². The van der Waals surface area contributed by atoms with Crippen molar-refractivity contribution in [2.45, 2.75) is 81.8 Å². The number of unbranched alkanes of at least 4 members (excludes halogenated alkanes) is 1. The Morgan fingerprint density at radius 3 is 2.86 bits per heavy atom. The lowest BCUT2D eigenvalue weighted by atomic mass is 9.47. The minimum atomic E-state index is -0.868. The lowest BCUT2D eigenvalue weighted by Crippen LogP contribution is -2.74. The van der Waals surface area contributed by atoms with Crippen LogP contribution in [0.5, 0.6) is 5.75 Å². The fraction of sp³-hybridized carbons (Fsp3) is 0.708. The predicted octanol–water partition coefficient (Wildman–Crippen LogP) is 3.57. The van der Waals surface area contributed by atoms with Gasteiger partial charge in [0, 0.05) is 30.3 Å². The Labute approximate surface area is 167 Å². The van der Waals surface area contributed by atoms with Crippen molar-refractivity contribution in [2.24, 2.45) is 11.8 Å². The second-order valence-corrected chi connectivity index (χ2v) is 9.94. The second kappa shape index (κ2) is 6.56. The Kier molecular flexibility index (Phi) is 4.37. The molecule has 0 aromatic heterocycles. The molecule has 152 valence electrons. The molecule has 2 N–H and O–H groups in total. The maximum atomic E-state index is 13.2. The number of benzene rings is 1. The standard InChI is InChI=1S/C24H33NO3/c1-2-3-4-18-13-24(28)22-11-17-7-8-19(26)12-20(17)23(24,14-21(18)27)9-10-25(22)15-16-5-6-16/h7-8,12,16,18,22,26,28H,2-6,9-11,13-15H2,1H3/t18-,22+,23?,24+/m0/s1. The van der Waals surface area contributed by atoms with Crippen molar-refractivity contribution >= 4 is 5.78 Å². The number of phenolic OH excluding ortho intramolecular Hbond substituents is 1. The quantitative estimate of drug-likeness (QED) is 0.816. The number of rotatable bonds is 5. The fourth-order valence-electron chi connectivity index (χ4n) is 6.55. The molecule has 0 radical (unpaired) electrons. The van der Waals surface area contributed by atoms with Gasteiger partial charge in [0.2, 0.25) is 0 Å². The average Bonchev–Trinajstić information content (AvgIpc) is 3.47. The summed E-state index contributed by atoms with van der Waals surface area (Å²) in [6.07, 6.45) is 8.33. The van der Waals surface area contributed by atoms with E-state index < -0.39 is 11.0 Å². The molecule has 5 rings (SSSR count). The number of phenols is 1. The van der Waals surface area contributed by atoms with Gasteiger partial charge < -0.3 is 10.2 Å². The molecule has 3 aliphatic carbocycles. The molecule has 0 amide bonds. The van der Waals surface area contributed by atoms with Crippen LogP contribution in [0.4, 0.5) is 0 Å². The maximum Gasteiger partial charge on any atom is 0.137 e. The van der Waals surface area contributed by atoms with Gasteiger partial charge in [-0.3, -0.25) is 9.69 Å². The topological polar surface area (TPSA) is 60.8 Å². The summed E-state index contributed by atoms with van der Waals surface area (Å²) in [6, 6.07) is 5.71. The summed E-state index contributed by atoms with van der Waals surface area (Å²) in [5.74, 6) is 1.34. The van der Waals surface area contributed by atoms with Crippen molar-refractivity contribution in [2.75, 3.05) is 13.1 Å². The average molecular weight is 384 g/mol. The van der Waals surface area contributed by atoms with Crippen molar-refractivity contribution in [1.29, 1.82) is 0 Å². The molecule has 4 heteroatoms. The molecule has 1 saturated heterocycles. The monoisotopic (exact) mass is 383 g/mol. The Balaban J connectivity index is 1.58. The Hall–Kier alpha value is -1.39. The van der Waals surface area contributed by atoms with Crippen LogP contribution in [0.25, 0.3) is 0 Å². The number of fused-ring (bicyclic) bond motifs is 1. The minimum Gasteiger partial charge on any atom is -0.508 e. The van der Waals surface area contributed by atoms with E-state index in [9.17, 15) is 15.0 Å². The van der Waals surface area contributed by atoms with Gasteiger partial charge in [-0.25, -0.2) is 0 Å². The maximum absolute atomic E-state index is 13.2. The number of Topliss-reactive ketones (excluding diaryl/α,β-unsaturated/α-hetero) is 1. The highest BCUT2D eigenvalue weighted by Gasteiger charge is 2.66. The van der Waals surface area contributed by atoms with Gasteiger partial charge in [0.25, 0.3) is 0 Å². The highest BCUT2D eigenvalue weighted by molar-refractivity contribution is 5.85. The van der Waals surface area contributed by atoms with Crippen LogP contribution < -0.4 is 0 Å². The number of nitrogens with zero attached hydrogens (tertiary/aromatic N) is 1. The van der Waals surface area contributed by atoms with Crippen molar-refractivity contribution in [3.8, 4) is 5.75 Å². The van der Waals surface area contributed by atoms with Crippen LogP contribution in [0.1, 0.15) is 69.4 Å². The number of hydrogen-bond donors (Lipinski definition) is 2. The van der Waals surface area contributed by atoms with E-state index in [0.717, 1.165) is 56.7 Å². The number of piperidine rings is 1. The third-order valence-corrected chi connectivity index (χ3v) is 8.25. The van der Waals surface area contributed by atoms with Crippen LogP contribution in [0.15, 0.2) is 18.2 Å². The van der Waals surface area contributed by atoms with Crippen LogP contribution >= 0.6 is 0 Å². The van der Waals surface area contributed by atoms with Crippen LogP contribution in [-0.2, 0) is 16.6 Å². The first kappa shape index (κ1) is 18.6. The van der Waals surface area contributed by atoms with E-state index in [0.29, 0.717) is 18.6 Å². The van der Waals surface area contributed by atoms with E-state index in [1.54, 1.807) is 6.07 Å². The highest BCUT2D eigenvalue weighted by atomic mass is 16.3. The number of hydrogen-bond acceptors (Lipinski definition) is 4. The molecule has 4 atom stereocenters. The van der Waals surface area contributed by atoms with E-state index >= 15 is 0 Å². The molecular weight excluding hydrogens is 350 g/mol. The molecule has 1 heterocycles. The number of aliphatic hydroxyl groups is 1. The van der Waals surface area contributed by atoms with Gasteiger partial charge in [-0.1, -0.05) is 25.8 Å². The number of ketones is 1. The minimum absolute atomic E-state index is 0.0136. The first-order chi connectivity index (χ1) is 13.5. The number of carbonyl (C=O) groups excluding carboxylic acids is 1. The van der Waals surface area contributed by atoms with E-state index in [4.69, 9.17) is 0 Å². The summed E-state index contributed by atoms with van der Waals surface area (Å²) in [7, 11) is 0. The summed E-state index contributed by atoms with van der Waals surface area (Å²) >= 11 is 0. The molecule has 1 aromatic carbocycles. The SMILES string of the molecule is CCCC[C@H]1C[C@@]2(O)[C@H]3Cc4ccc(O)cc4C2(CCN3CC2CC2)CC1=O. The molecule has 4 aliphatic rings. The summed E-state index contributed by atoms with van der Waals surface area (Å²) in [6.45, 7) is 4.20. The van der Waals surface area contributed by atoms with Crippen LogP contribution in [0.2, 0.25) is 0 Å². The van der Waals surface area contributed by atoms with Crippen molar-refractivity contribution in [3.05, 3.63) is 29.3 Å². The summed E-state index contributed by atoms with van der Waals surface area (Å²) < 4.78 is 0. The zero-order valence-corrected chi connectivity index (χ0v) is 17.0. The fourth-order valence-corrected chi connectivity index (χ4v) is 6.55. The molecule has 2 saturated carbocycles. The summed E-state index contributed by atoms with van der Waals surface area (Å²) in [5.41, 5.74) is 0.865. The van der Waals surface area contributed by atoms with Crippen molar-refractivity contribution in [1.82, 2.24) is 4.90 Å². The normalized spacial score (nSPS) is 37.4. The van der Waals surface area contributed by atoms with Gasteiger partial charge in [-0.15, -0.1) is 0 Å². The first-order valence-electron chi connectivity index (χ1n) is 11.3. The lowest BCUT2D eigenvalue weighted by molar-refractivity contribution is -0.182. The number of aromatic hydroxyl groups is 1. The van der Waals surface area contributed by atoms with Crippen molar-refractivity contribution < 1.29 is 15.0 Å². The van der Waals surface area contributed by atoms with E-state index in [-0.39, 0.29) is 17.7 Å². The molecule has 1 aromatic rings. The lowest BCUT2D eigenvalue weighted by Gasteiger charge is -2.64. The third-order valence-electron chi connectivity index (χ3n) is 8.25. The Bertz CT molecular complexity index is 788. The van der Waals surface area contributed by atoms with Gasteiger partial charge in [0.1, 0.15) is 11.5 Å². The molecular formula is C24H33NO3. The number of likely N-dealkylation sites (tertiary alicyclic amines) is 1. The Morgan fingerprint density at radius 2 is 2.11 bits per heavy atom. The molecule has 1 unspecified atom stereocenters. The Morgan fingerprint density at radius 1 is 1.29 bits per heavy atom.